The highest BCUT2D eigenvalue weighted by atomic mass is 127. The molecule has 0 bridgehead atoms. The van der Waals surface area contributed by atoms with Crippen molar-refractivity contribution >= 4 is 35.8 Å². The number of benzene rings is 1. The van der Waals surface area contributed by atoms with Gasteiger partial charge in [0.25, 0.3) is 0 Å². The largest absolute Gasteiger partial charge is 0.353 e. The van der Waals surface area contributed by atoms with Crippen LogP contribution >= 0.6 is 24.0 Å². The Morgan fingerprint density at radius 1 is 1.14 bits per heavy atom. The molecule has 1 aromatic carbocycles. The molecular weight excluding hydrogens is 489 g/mol. The highest BCUT2D eigenvalue weighted by Gasteiger charge is 2.42. The van der Waals surface area contributed by atoms with Crippen molar-refractivity contribution in [3.63, 3.8) is 0 Å². The number of carbonyl (C=O) groups excluding carboxylic acids is 1. The topological polar surface area (TPSA) is 56.7 Å². The SMILES string of the molecule is CN=C(NC1CCN(C(=O)C2CCCC2)C1)NC1CC1c1c(F)cccc1F.I. The van der Waals surface area contributed by atoms with Crippen molar-refractivity contribution in [3.05, 3.63) is 35.4 Å². The molecule has 0 radical (unpaired) electrons. The van der Waals surface area contributed by atoms with Crippen LogP contribution in [0.25, 0.3) is 0 Å². The summed E-state index contributed by atoms with van der Waals surface area (Å²) < 4.78 is 27.9. The van der Waals surface area contributed by atoms with Crippen molar-refractivity contribution in [2.75, 3.05) is 20.1 Å². The Balaban J connectivity index is 0.00000240. The number of hydrogen-bond acceptors (Lipinski definition) is 2. The molecule has 2 aliphatic carbocycles. The summed E-state index contributed by atoms with van der Waals surface area (Å²) in [4.78, 5) is 18.8. The van der Waals surface area contributed by atoms with Crippen molar-refractivity contribution in [2.24, 2.45) is 10.9 Å². The minimum absolute atomic E-state index is 0. The summed E-state index contributed by atoms with van der Waals surface area (Å²) >= 11 is 0. The predicted molar refractivity (Wildman–Crippen MR) is 119 cm³/mol. The molecule has 1 aromatic rings. The predicted octanol–water partition coefficient (Wildman–Crippen LogP) is 3.39. The summed E-state index contributed by atoms with van der Waals surface area (Å²) in [5, 5.41) is 6.64. The fourth-order valence-corrected chi connectivity index (χ4v) is 4.59. The zero-order chi connectivity index (χ0) is 19.7. The van der Waals surface area contributed by atoms with Gasteiger partial charge >= 0.3 is 0 Å². The Bertz CT molecular complexity index is 749. The van der Waals surface area contributed by atoms with Gasteiger partial charge in [0.05, 0.1) is 0 Å². The molecule has 160 valence electrons. The highest BCUT2D eigenvalue weighted by Crippen LogP contribution is 2.43. The molecule has 3 aliphatic rings. The van der Waals surface area contributed by atoms with E-state index in [0.29, 0.717) is 24.8 Å². The van der Waals surface area contributed by atoms with Gasteiger partial charge in [-0.25, -0.2) is 8.78 Å². The van der Waals surface area contributed by atoms with E-state index >= 15 is 0 Å². The zero-order valence-electron chi connectivity index (χ0n) is 16.7. The Labute approximate surface area is 187 Å². The van der Waals surface area contributed by atoms with Crippen molar-refractivity contribution < 1.29 is 13.6 Å². The standard InChI is InChI=1S/C21H28F2N4O.HI/c1-24-21(26-18-11-15(18)19-16(22)7-4-8-17(19)23)25-14-9-10-27(12-14)20(28)13-5-2-3-6-13;/h4,7-8,13-15,18H,2-3,5-6,9-12H2,1H3,(H2,24,25,26);1H. The van der Waals surface area contributed by atoms with Crippen LogP contribution in [-0.4, -0.2) is 49.0 Å². The summed E-state index contributed by atoms with van der Waals surface area (Å²) in [6, 6.07) is 4.11. The lowest BCUT2D eigenvalue weighted by molar-refractivity contribution is -0.134. The van der Waals surface area contributed by atoms with Crippen molar-refractivity contribution in [1.82, 2.24) is 15.5 Å². The van der Waals surface area contributed by atoms with Gasteiger partial charge < -0.3 is 15.5 Å². The summed E-state index contributed by atoms with van der Waals surface area (Å²) in [5.74, 6) is -0.0301. The maximum absolute atomic E-state index is 14.0. The van der Waals surface area contributed by atoms with Gasteiger partial charge in [0.1, 0.15) is 11.6 Å². The lowest BCUT2D eigenvalue weighted by Gasteiger charge is -2.21. The van der Waals surface area contributed by atoms with Gasteiger partial charge in [-0.1, -0.05) is 18.9 Å². The molecule has 5 nitrogen and oxygen atoms in total. The van der Waals surface area contributed by atoms with Crippen LogP contribution in [0.5, 0.6) is 0 Å². The third-order valence-electron chi connectivity index (χ3n) is 6.25. The van der Waals surface area contributed by atoms with Gasteiger partial charge in [-0.3, -0.25) is 9.79 Å². The number of amides is 1. The van der Waals surface area contributed by atoms with E-state index in [9.17, 15) is 13.6 Å². The van der Waals surface area contributed by atoms with Crippen LogP contribution < -0.4 is 10.6 Å². The second-order valence-corrected chi connectivity index (χ2v) is 8.20. The molecule has 3 fully saturated rings. The molecule has 1 heterocycles. The first kappa shape index (κ1) is 22.2. The lowest BCUT2D eigenvalue weighted by atomic mass is 10.1. The van der Waals surface area contributed by atoms with Crippen LogP contribution in [0, 0.1) is 17.6 Å². The van der Waals surface area contributed by atoms with E-state index in [1.165, 1.54) is 18.2 Å². The van der Waals surface area contributed by atoms with Gasteiger partial charge in [0.15, 0.2) is 5.96 Å². The molecule has 1 saturated heterocycles. The van der Waals surface area contributed by atoms with Gasteiger partial charge in [0.2, 0.25) is 5.91 Å². The zero-order valence-corrected chi connectivity index (χ0v) is 19.0. The maximum Gasteiger partial charge on any atom is 0.225 e. The molecule has 4 rings (SSSR count). The van der Waals surface area contributed by atoms with Crippen LogP contribution in [-0.2, 0) is 4.79 Å². The summed E-state index contributed by atoms with van der Waals surface area (Å²) in [6.07, 6.45) is 5.92. The summed E-state index contributed by atoms with van der Waals surface area (Å²) in [5.41, 5.74) is 0.157. The number of nitrogens with zero attached hydrogens (tertiary/aromatic N) is 2. The minimum atomic E-state index is -0.492. The number of halogens is 3. The average molecular weight is 518 g/mol. The van der Waals surface area contributed by atoms with E-state index in [1.807, 2.05) is 4.90 Å². The summed E-state index contributed by atoms with van der Waals surface area (Å²) in [7, 11) is 1.69. The van der Waals surface area contributed by atoms with Gasteiger partial charge in [-0.15, -0.1) is 24.0 Å². The number of likely N-dealkylation sites (tertiary alicyclic amines) is 1. The fourth-order valence-electron chi connectivity index (χ4n) is 4.59. The molecule has 1 amide bonds. The fraction of sp³-hybridized carbons (Fsp3) is 0.619. The van der Waals surface area contributed by atoms with E-state index in [1.54, 1.807) is 7.05 Å². The van der Waals surface area contributed by atoms with Crippen molar-refractivity contribution in [3.8, 4) is 0 Å². The second kappa shape index (κ2) is 9.57. The minimum Gasteiger partial charge on any atom is -0.353 e. The number of aliphatic imine (C=N–C) groups is 1. The molecular formula is C21H29F2IN4O. The quantitative estimate of drug-likeness (QED) is 0.365. The number of hydrogen-bond donors (Lipinski definition) is 2. The first-order valence-electron chi connectivity index (χ1n) is 10.3. The number of rotatable bonds is 4. The van der Waals surface area contributed by atoms with Crippen molar-refractivity contribution in [1.29, 1.82) is 0 Å². The molecule has 1 aliphatic heterocycles. The van der Waals surface area contributed by atoms with Crippen LogP contribution in [0.1, 0.15) is 50.0 Å². The normalized spacial score (nSPS) is 26.9. The molecule has 3 atom stereocenters. The number of nitrogens with one attached hydrogen (secondary N) is 2. The highest BCUT2D eigenvalue weighted by molar-refractivity contribution is 14.0. The Morgan fingerprint density at radius 2 is 1.83 bits per heavy atom. The second-order valence-electron chi connectivity index (χ2n) is 8.20. The van der Waals surface area contributed by atoms with Crippen molar-refractivity contribution in [2.45, 2.75) is 56.5 Å². The van der Waals surface area contributed by atoms with Gasteiger partial charge in [-0.2, -0.15) is 0 Å². The first-order chi connectivity index (χ1) is 13.6. The van der Waals surface area contributed by atoms with E-state index in [-0.39, 0.29) is 53.5 Å². The lowest BCUT2D eigenvalue weighted by Crippen LogP contribution is -2.46. The Hall–Kier alpha value is -1.45. The molecule has 0 aromatic heterocycles. The molecule has 2 saturated carbocycles. The van der Waals surface area contributed by atoms with E-state index in [2.05, 4.69) is 15.6 Å². The van der Waals surface area contributed by atoms with E-state index < -0.39 is 11.6 Å². The van der Waals surface area contributed by atoms with Crippen LogP contribution in [0.4, 0.5) is 8.78 Å². The monoisotopic (exact) mass is 518 g/mol. The number of carbonyl (C=O) groups is 1. The average Bonchev–Trinajstić information content (AvgIpc) is 3.08. The summed E-state index contributed by atoms with van der Waals surface area (Å²) in [6.45, 7) is 1.46. The molecule has 8 heteroatoms. The first-order valence-corrected chi connectivity index (χ1v) is 10.3. The van der Waals surface area contributed by atoms with Crippen LogP contribution in [0.15, 0.2) is 23.2 Å². The molecule has 0 spiro atoms. The van der Waals surface area contributed by atoms with Crippen LogP contribution in [0.3, 0.4) is 0 Å². The molecule has 3 unspecified atom stereocenters. The molecule has 29 heavy (non-hydrogen) atoms. The van der Waals surface area contributed by atoms with Gasteiger partial charge in [-0.05, 0) is 37.8 Å². The maximum atomic E-state index is 14.0. The molecule has 2 N–H and O–H groups in total. The third kappa shape index (κ3) is 5.00. The third-order valence-corrected chi connectivity index (χ3v) is 6.25. The van der Waals surface area contributed by atoms with Gasteiger partial charge in [0, 0.05) is 49.6 Å². The van der Waals surface area contributed by atoms with E-state index in [4.69, 9.17) is 0 Å². The Kier molecular flexibility index (Phi) is 7.34. The Morgan fingerprint density at radius 3 is 2.48 bits per heavy atom. The smallest absolute Gasteiger partial charge is 0.225 e. The number of guanidine groups is 1. The van der Waals surface area contributed by atoms with Crippen LogP contribution in [0.2, 0.25) is 0 Å². The van der Waals surface area contributed by atoms with E-state index in [0.717, 1.165) is 38.6 Å².